The highest BCUT2D eigenvalue weighted by Crippen LogP contribution is 2.24. The van der Waals surface area contributed by atoms with E-state index < -0.39 is 18.4 Å². The highest BCUT2D eigenvalue weighted by atomic mass is 35.5. The van der Waals surface area contributed by atoms with Gasteiger partial charge in [-0.3, -0.25) is 9.59 Å². The van der Waals surface area contributed by atoms with E-state index in [4.69, 9.17) is 28.3 Å². The van der Waals surface area contributed by atoms with Gasteiger partial charge in [-0.15, -0.1) is 0 Å². The van der Waals surface area contributed by atoms with Crippen molar-refractivity contribution in [2.75, 3.05) is 6.54 Å². The monoisotopic (exact) mass is 261 g/mol. The van der Waals surface area contributed by atoms with Crippen molar-refractivity contribution < 1.29 is 14.7 Å². The van der Waals surface area contributed by atoms with Crippen molar-refractivity contribution in [2.24, 2.45) is 0 Å². The zero-order valence-electron chi connectivity index (χ0n) is 8.17. The molecule has 0 saturated carbocycles. The van der Waals surface area contributed by atoms with Crippen molar-refractivity contribution in [1.29, 1.82) is 0 Å². The third-order valence-electron chi connectivity index (χ3n) is 1.84. The summed E-state index contributed by atoms with van der Waals surface area (Å²) in [5.41, 5.74) is 0.494. The molecule has 2 N–H and O–H groups in total. The van der Waals surface area contributed by atoms with E-state index in [0.717, 1.165) is 0 Å². The van der Waals surface area contributed by atoms with Crippen LogP contribution in [-0.4, -0.2) is 23.5 Å². The standard InChI is InChI=1S/C10H9Cl2NO3/c11-7-2-1-3-8(12)6(7)4-9(14)13-5-10(15)16/h1-3H,4-5H2,(H,13,14)(H,15,16). The van der Waals surface area contributed by atoms with Gasteiger partial charge in [0.25, 0.3) is 0 Å². The molecule has 0 fully saturated rings. The molecule has 1 rings (SSSR count). The van der Waals surface area contributed by atoms with Crippen molar-refractivity contribution >= 4 is 35.1 Å². The van der Waals surface area contributed by atoms with Gasteiger partial charge in [0, 0.05) is 10.0 Å². The summed E-state index contributed by atoms with van der Waals surface area (Å²) in [7, 11) is 0. The second-order valence-corrected chi connectivity index (χ2v) is 3.86. The average molecular weight is 262 g/mol. The summed E-state index contributed by atoms with van der Waals surface area (Å²) in [6.45, 7) is -0.416. The van der Waals surface area contributed by atoms with Crippen molar-refractivity contribution in [3.05, 3.63) is 33.8 Å². The zero-order valence-corrected chi connectivity index (χ0v) is 9.68. The topological polar surface area (TPSA) is 66.4 Å². The van der Waals surface area contributed by atoms with Crippen molar-refractivity contribution in [1.82, 2.24) is 5.32 Å². The first-order valence-corrected chi connectivity index (χ1v) is 5.17. The molecule has 6 heteroatoms. The Hall–Kier alpha value is -1.26. The molecule has 0 radical (unpaired) electrons. The van der Waals surface area contributed by atoms with Crippen molar-refractivity contribution in [3.8, 4) is 0 Å². The molecule has 0 atom stereocenters. The summed E-state index contributed by atoms with van der Waals surface area (Å²) in [4.78, 5) is 21.6. The third kappa shape index (κ3) is 3.72. The number of amides is 1. The minimum absolute atomic E-state index is 0.0359. The summed E-state index contributed by atoms with van der Waals surface area (Å²) >= 11 is 11.7. The van der Waals surface area contributed by atoms with Gasteiger partial charge in [-0.25, -0.2) is 0 Å². The van der Waals surface area contributed by atoms with E-state index in [1.54, 1.807) is 18.2 Å². The van der Waals surface area contributed by atoms with Crippen molar-refractivity contribution in [3.63, 3.8) is 0 Å². The van der Waals surface area contributed by atoms with E-state index in [1.807, 2.05) is 0 Å². The lowest BCUT2D eigenvalue weighted by atomic mass is 10.1. The zero-order chi connectivity index (χ0) is 12.1. The largest absolute Gasteiger partial charge is 0.480 e. The van der Waals surface area contributed by atoms with E-state index in [-0.39, 0.29) is 6.42 Å². The highest BCUT2D eigenvalue weighted by molar-refractivity contribution is 6.36. The Bertz CT molecular complexity index is 400. The lowest BCUT2D eigenvalue weighted by molar-refractivity contribution is -0.137. The number of halogens is 2. The van der Waals surface area contributed by atoms with Crippen LogP contribution in [0, 0.1) is 0 Å². The van der Waals surface area contributed by atoms with Gasteiger partial charge >= 0.3 is 5.97 Å². The van der Waals surface area contributed by atoms with Crippen LogP contribution in [0.1, 0.15) is 5.56 Å². The molecular weight excluding hydrogens is 253 g/mol. The number of carbonyl (C=O) groups excluding carboxylic acids is 1. The van der Waals surface area contributed by atoms with Crippen molar-refractivity contribution in [2.45, 2.75) is 6.42 Å². The summed E-state index contributed by atoms with van der Waals surface area (Å²) < 4.78 is 0. The molecule has 1 aromatic rings. The van der Waals surface area contributed by atoms with Gasteiger partial charge < -0.3 is 10.4 Å². The second-order valence-electron chi connectivity index (χ2n) is 3.05. The Balaban J connectivity index is 2.66. The van der Waals surface area contributed by atoms with Crippen LogP contribution in [0.5, 0.6) is 0 Å². The van der Waals surface area contributed by atoms with Crippen LogP contribution in [0.25, 0.3) is 0 Å². The summed E-state index contributed by atoms with van der Waals surface area (Å²) in [5.74, 6) is -1.53. The number of carboxylic acids is 1. The second kappa shape index (κ2) is 5.72. The molecule has 0 aliphatic rings. The maximum absolute atomic E-state index is 11.3. The predicted molar refractivity (Wildman–Crippen MR) is 60.8 cm³/mol. The van der Waals surface area contributed by atoms with Gasteiger partial charge in [0.1, 0.15) is 6.54 Å². The first-order valence-electron chi connectivity index (χ1n) is 4.42. The Kier molecular flexibility index (Phi) is 4.58. The lowest BCUT2D eigenvalue weighted by Crippen LogP contribution is -2.30. The van der Waals surface area contributed by atoms with Crippen LogP contribution in [0.15, 0.2) is 18.2 Å². The fourth-order valence-electron chi connectivity index (χ4n) is 1.10. The molecule has 0 aromatic heterocycles. The molecule has 0 unspecified atom stereocenters. The van der Waals surface area contributed by atoms with Crippen LogP contribution in [0.2, 0.25) is 10.0 Å². The summed E-state index contributed by atoms with van der Waals surface area (Å²) in [6, 6.07) is 4.91. The van der Waals surface area contributed by atoms with Gasteiger partial charge in [0.2, 0.25) is 5.91 Å². The van der Waals surface area contributed by atoms with Crippen LogP contribution in [0.4, 0.5) is 0 Å². The first kappa shape index (κ1) is 12.8. The molecule has 0 aliphatic heterocycles. The number of benzene rings is 1. The Morgan fingerprint density at radius 1 is 1.25 bits per heavy atom. The molecule has 0 saturated heterocycles. The molecule has 0 bridgehead atoms. The molecule has 4 nitrogen and oxygen atoms in total. The molecule has 0 heterocycles. The third-order valence-corrected chi connectivity index (χ3v) is 2.54. The number of hydrogen-bond acceptors (Lipinski definition) is 2. The van der Waals surface area contributed by atoms with Gasteiger partial charge in [-0.05, 0) is 17.7 Å². The number of hydrogen-bond donors (Lipinski definition) is 2. The van der Waals surface area contributed by atoms with Crippen LogP contribution < -0.4 is 5.32 Å². The summed E-state index contributed by atoms with van der Waals surface area (Å²) in [5, 5.41) is 11.4. The van der Waals surface area contributed by atoms with Crippen LogP contribution in [-0.2, 0) is 16.0 Å². The SMILES string of the molecule is O=C(O)CNC(=O)Cc1c(Cl)cccc1Cl. The normalized spacial score (nSPS) is 9.88. The molecule has 1 amide bonds. The van der Waals surface area contributed by atoms with Crippen LogP contribution >= 0.6 is 23.2 Å². The van der Waals surface area contributed by atoms with E-state index in [2.05, 4.69) is 5.32 Å². The highest BCUT2D eigenvalue weighted by Gasteiger charge is 2.11. The molecule has 1 aromatic carbocycles. The molecule has 86 valence electrons. The Morgan fingerprint density at radius 2 is 1.81 bits per heavy atom. The van der Waals surface area contributed by atoms with Gasteiger partial charge in [-0.1, -0.05) is 29.3 Å². The fraction of sp³-hybridized carbons (Fsp3) is 0.200. The lowest BCUT2D eigenvalue weighted by Gasteiger charge is -2.06. The van der Waals surface area contributed by atoms with Crippen LogP contribution in [0.3, 0.4) is 0 Å². The van der Waals surface area contributed by atoms with E-state index in [1.165, 1.54) is 0 Å². The molecule has 0 spiro atoms. The van der Waals surface area contributed by atoms with E-state index >= 15 is 0 Å². The minimum Gasteiger partial charge on any atom is -0.480 e. The summed E-state index contributed by atoms with van der Waals surface area (Å²) in [6.07, 6.45) is -0.0359. The fourth-order valence-corrected chi connectivity index (χ4v) is 1.63. The number of carboxylic acid groups (broad SMARTS) is 1. The number of rotatable bonds is 4. The van der Waals surface area contributed by atoms with Gasteiger partial charge in [-0.2, -0.15) is 0 Å². The smallest absolute Gasteiger partial charge is 0.322 e. The number of carbonyl (C=O) groups is 2. The molecular formula is C10H9Cl2NO3. The maximum atomic E-state index is 11.3. The van der Waals surface area contributed by atoms with Gasteiger partial charge in [0.05, 0.1) is 6.42 Å². The van der Waals surface area contributed by atoms with E-state index in [0.29, 0.717) is 15.6 Å². The number of nitrogens with one attached hydrogen (secondary N) is 1. The van der Waals surface area contributed by atoms with E-state index in [9.17, 15) is 9.59 Å². The minimum atomic E-state index is -1.10. The Morgan fingerprint density at radius 3 is 2.31 bits per heavy atom. The predicted octanol–water partition coefficient (Wildman–Crippen LogP) is 1.74. The number of aliphatic carboxylic acids is 1. The van der Waals surface area contributed by atoms with Gasteiger partial charge in [0.15, 0.2) is 0 Å². The molecule has 16 heavy (non-hydrogen) atoms. The Labute approximate surface area is 102 Å². The first-order chi connectivity index (χ1) is 7.50. The maximum Gasteiger partial charge on any atom is 0.322 e. The molecule has 0 aliphatic carbocycles. The average Bonchev–Trinajstić information content (AvgIpc) is 2.21. The quantitative estimate of drug-likeness (QED) is 0.868.